The summed E-state index contributed by atoms with van der Waals surface area (Å²) in [6.45, 7) is 3.62. The van der Waals surface area contributed by atoms with Crippen molar-refractivity contribution in [3.8, 4) is 11.5 Å². The summed E-state index contributed by atoms with van der Waals surface area (Å²) in [5, 5.41) is 10.2. The summed E-state index contributed by atoms with van der Waals surface area (Å²) in [5.41, 5.74) is 0.00234. The molecule has 1 N–H and O–H groups in total. The molecule has 0 spiro atoms. The number of rotatable bonds is 5. The predicted octanol–water partition coefficient (Wildman–Crippen LogP) is 5.16. The first-order chi connectivity index (χ1) is 12.6. The average Bonchev–Trinajstić information content (AvgIpc) is 2.58. The molecule has 0 saturated heterocycles. The summed E-state index contributed by atoms with van der Waals surface area (Å²) >= 11 is 0. The van der Waals surface area contributed by atoms with Gasteiger partial charge in [0.25, 0.3) is 0 Å². The van der Waals surface area contributed by atoms with Gasteiger partial charge in [-0.15, -0.1) is 0 Å². The van der Waals surface area contributed by atoms with Crippen LogP contribution in [0.4, 0.5) is 13.2 Å². The molecular formula is C20H19F3O4. The van der Waals surface area contributed by atoms with Crippen molar-refractivity contribution in [1.82, 2.24) is 0 Å². The Balaban J connectivity index is 2.41. The van der Waals surface area contributed by atoms with E-state index < -0.39 is 17.7 Å². The standard InChI is InChI=1S/C20H19F3O4/c1-12(2)27-16-10-14(18(17(24)11-16)19(25)26-3)7-4-13-5-8-15(9-6-13)20(21,22)23/h4-12,24H,1-3H3/b7-4+. The quantitative estimate of drug-likeness (QED) is 0.575. The zero-order valence-corrected chi connectivity index (χ0v) is 15.0. The molecule has 0 aliphatic carbocycles. The van der Waals surface area contributed by atoms with Crippen LogP contribution >= 0.6 is 0 Å². The second-order valence-corrected chi connectivity index (χ2v) is 6.02. The normalized spacial score (nSPS) is 11.8. The van der Waals surface area contributed by atoms with Gasteiger partial charge in [-0.1, -0.05) is 24.3 Å². The topological polar surface area (TPSA) is 55.8 Å². The van der Waals surface area contributed by atoms with Gasteiger partial charge in [0, 0.05) is 6.07 Å². The first-order valence-electron chi connectivity index (χ1n) is 8.09. The first kappa shape index (κ1) is 20.4. The van der Waals surface area contributed by atoms with Gasteiger partial charge in [0.15, 0.2) is 0 Å². The molecule has 0 unspecified atom stereocenters. The number of aromatic hydroxyl groups is 1. The van der Waals surface area contributed by atoms with E-state index in [2.05, 4.69) is 4.74 Å². The van der Waals surface area contributed by atoms with E-state index in [1.165, 1.54) is 37.5 Å². The molecule has 2 rings (SSSR count). The summed E-state index contributed by atoms with van der Waals surface area (Å²) in [6.07, 6.45) is -1.53. The maximum atomic E-state index is 12.6. The van der Waals surface area contributed by atoms with Gasteiger partial charge in [-0.05, 0) is 43.2 Å². The summed E-state index contributed by atoms with van der Waals surface area (Å²) in [4.78, 5) is 12.0. The molecular weight excluding hydrogens is 361 g/mol. The van der Waals surface area contributed by atoms with Crippen molar-refractivity contribution in [3.63, 3.8) is 0 Å². The van der Waals surface area contributed by atoms with Crippen molar-refractivity contribution in [2.45, 2.75) is 26.1 Å². The van der Waals surface area contributed by atoms with Crippen molar-refractivity contribution < 1.29 is 32.5 Å². The van der Waals surface area contributed by atoms with E-state index in [-0.39, 0.29) is 17.4 Å². The second-order valence-electron chi connectivity index (χ2n) is 6.02. The number of carbonyl (C=O) groups is 1. The Morgan fingerprint density at radius 3 is 2.26 bits per heavy atom. The highest BCUT2D eigenvalue weighted by Crippen LogP contribution is 2.32. The van der Waals surface area contributed by atoms with E-state index in [0.717, 1.165) is 12.1 Å². The molecule has 0 aliphatic rings. The zero-order valence-electron chi connectivity index (χ0n) is 15.0. The summed E-state index contributed by atoms with van der Waals surface area (Å²) < 4.78 is 48.1. The molecule has 27 heavy (non-hydrogen) atoms. The van der Waals surface area contributed by atoms with Crippen molar-refractivity contribution in [3.05, 3.63) is 58.7 Å². The number of benzene rings is 2. The lowest BCUT2D eigenvalue weighted by Crippen LogP contribution is -2.08. The van der Waals surface area contributed by atoms with Crippen LogP contribution in [0.5, 0.6) is 11.5 Å². The highest BCUT2D eigenvalue weighted by atomic mass is 19.4. The lowest BCUT2D eigenvalue weighted by molar-refractivity contribution is -0.137. The van der Waals surface area contributed by atoms with Gasteiger partial charge in [0.05, 0.1) is 18.8 Å². The molecule has 0 saturated carbocycles. The molecule has 2 aromatic rings. The number of ether oxygens (including phenoxy) is 2. The maximum Gasteiger partial charge on any atom is 0.416 e. The van der Waals surface area contributed by atoms with Crippen LogP contribution in [0, 0.1) is 0 Å². The van der Waals surface area contributed by atoms with Crippen LogP contribution < -0.4 is 4.74 Å². The number of hydrogen-bond donors (Lipinski definition) is 1. The lowest BCUT2D eigenvalue weighted by Gasteiger charge is -2.13. The molecule has 4 nitrogen and oxygen atoms in total. The minimum absolute atomic E-state index is 0.0585. The van der Waals surface area contributed by atoms with Gasteiger partial charge in [-0.3, -0.25) is 0 Å². The Hall–Kier alpha value is -2.96. The molecule has 7 heteroatoms. The Kier molecular flexibility index (Phi) is 6.15. The average molecular weight is 380 g/mol. The monoisotopic (exact) mass is 380 g/mol. The second kappa shape index (κ2) is 8.16. The van der Waals surface area contributed by atoms with Crippen LogP contribution in [0.1, 0.15) is 40.9 Å². The van der Waals surface area contributed by atoms with Crippen molar-refractivity contribution >= 4 is 18.1 Å². The summed E-state index contributed by atoms with van der Waals surface area (Å²) in [5.74, 6) is -0.704. The van der Waals surface area contributed by atoms with E-state index in [1.807, 2.05) is 13.8 Å². The van der Waals surface area contributed by atoms with Crippen molar-refractivity contribution in [1.29, 1.82) is 0 Å². The smallest absolute Gasteiger partial charge is 0.416 e. The largest absolute Gasteiger partial charge is 0.507 e. The Bertz CT molecular complexity index is 838. The van der Waals surface area contributed by atoms with Gasteiger partial charge < -0.3 is 14.6 Å². The highest BCUT2D eigenvalue weighted by molar-refractivity contribution is 5.98. The Morgan fingerprint density at radius 1 is 1.11 bits per heavy atom. The van der Waals surface area contributed by atoms with Gasteiger partial charge in [-0.25, -0.2) is 4.79 Å². The third-order valence-electron chi connectivity index (χ3n) is 3.58. The van der Waals surface area contributed by atoms with Crippen LogP contribution in [0.2, 0.25) is 0 Å². The fourth-order valence-corrected chi connectivity index (χ4v) is 2.39. The minimum Gasteiger partial charge on any atom is -0.507 e. The molecule has 0 bridgehead atoms. The minimum atomic E-state index is -4.41. The molecule has 0 aromatic heterocycles. The van der Waals surface area contributed by atoms with Crippen LogP contribution in [0.15, 0.2) is 36.4 Å². The Morgan fingerprint density at radius 2 is 1.74 bits per heavy atom. The van der Waals surface area contributed by atoms with Crippen molar-refractivity contribution in [2.75, 3.05) is 7.11 Å². The predicted molar refractivity (Wildman–Crippen MR) is 95.6 cm³/mol. The molecule has 0 aliphatic heterocycles. The Labute approximate surface area is 154 Å². The van der Waals surface area contributed by atoms with Crippen LogP contribution in [-0.4, -0.2) is 24.3 Å². The van der Waals surface area contributed by atoms with Crippen LogP contribution in [-0.2, 0) is 10.9 Å². The SMILES string of the molecule is COC(=O)c1c(O)cc(OC(C)C)cc1/C=C/c1ccc(C(F)(F)F)cc1. The number of carbonyl (C=O) groups excluding carboxylic acids is 1. The number of methoxy groups -OCH3 is 1. The zero-order chi connectivity index (χ0) is 20.2. The third-order valence-corrected chi connectivity index (χ3v) is 3.58. The summed E-state index contributed by atoms with van der Waals surface area (Å²) in [6, 6.07) is 7.42. The third kappa shape index (κ3) is 5.26. The highest BCUT2D eigenvalue weighted by Gasteiger charge is 2.29. The molecule has 0 radical (unpaired) electrons. The van der Waals surface area contributed by atoms with Gasteiger partial charge in [0.2, 0.25) is 0 Å². The van der Waals surface area contributed by atoms with Crippen LogP contribution in [0.3, 0.4) is 0 Å². The molecule has 0 amide bonds. The molecule has 2 aromatic carbocycles. The number of hydrogen-bond acceptors (Lipinski definition) is 4. The maximum absolute atomic E-state index is 12.6. The number of phenols is 1. The van der Waals surface area contributed by atoms with Gasteiger partial charge in [-0.2, -0.15) is 13.2 Å². The van der Waals surface area contributed by atoms with E-state index in [0.29, 0.717) is 16.9 Å². The van der Waals surface area contributed by atoms with E-state index >= 15 is 0 Å². The van der Waals surface area contributed by atoms with E-state index in [9.17, 15) is 23.1 Å². The lowest BCUT2D eigenvalue weighted by atomic mass is 10.0. The van der Waals surface area contributed by atoms with E-state index in [1.54, 1.807) is 6.07 Å². The molecule has 144 valence electrons. The molecule has 0 fully saturated rings. The fraction of sp³-hybridized carbons (Fsp3) is 0.250. The number of alkyl halides is 3. The van der Waals surface area contributed by atoms with E-state index in [4.69, 9.17) is 4.74 Å². The van der Waals surface area contributed by atoms with Crippen LogP contribution in [0.25, 0.3) is 12.2 Å². The fourth-order valence-electron chi connectivity index (χ4n) is 2.39. The molecule has 0 atom stereocenters. The van der Waals surface area contributed by atoms with Gasteiger partial charge >= 0.3 is 12.1 Å². The van der Waals surface area contributed by atoms with Gasteiger partial charge in [0.1, 0.15) is 17.1 Å². The first-order valence-corrected chi connectivity index (χ1v) is 8.09. The number of halogens is 3. The number of esters is 1. The number of phenolic OH excluding ortho intramolecular Hbond substituents is 1. The summed E-state index contributed by atoms with van der Waals surface area (Å²) in [7, 11) is 1.18. The van der Waals surface area contributed by atoms with Crippen molar-refractivity contribution in [2.24, 2.45) is 0 Å². The molecule has 0 heterocycles.